The van der Waals surface area contributed by atoms with E-state index in [-0.39, 0.29) is 5.91 Å². The lowest BCUT2D eigenvalue weighted by Gasteiger charge is -2.32. The van der Waals surface area contributed by atoms with Gasteiger partial charge in [0.1, 0.15) is 0 Å². The standard InChI is InChI=1S/C17H26N2O/c1-13(15-9-10-15)19(16(20)11-17(2,3)18)12-14-7-5-4-6-8-14/h4-8,13,15H,9-12,18H2,1-3H3. The number of amides is 1. The van der Waals surface area contributed by atoms with E-state index in [9.17, 15) is 4.79 Å². The van der Waals surface area contributed by atoms with Gasteiger partial charge < -0.3 is 10.6 Å². The van der Waals surface area contributed by atoms with Gasteiger partial charge in [-0.15, -0.1) is 0 Å². The molecule has 1 saturated carbocycles. The monoisotopic (exact) mass is 274 g/mol. The minimum atomic E-state index is -0.449. The second-order valence-electron chi connectivity index (χ2n) is 6.75. The maximum atomic E-state index is 12.6. The topological polar surface area (TPSA) is 46.3 Å². The van der Waals surface area contributed by atoms with E-state index in [4.69, 9.17) is 5.73 Å². The average molecular weight is 274 g/mol. The molecule has 1 amide bonds. The molecule has 1 aliphatic carbocycles. The number of carbonyl (C=O) groups excluding carboxylic acids is 1. The molecule has 110 valence electrons. The zero-order chi connectivity index (χ0) is 14.8. The van der Waals surface area contributed by atoms with Crippen LogP contribution in [0.1, 0.15) is 45.6 Å². The molecule has 0 heterocycles. The number of nitrogens with two attached hydrogens (primary N) is 1. The molecule has 3 nitrogen and oxygen atoms in total. The fraction of sp³-hybridized carbons (Fsp3) is 0.588. The zero-order valence-corrected chi connectivity index (χ0v) is 12.8. The van der Waals surface area contributed by atoms with Gasteiger partial charge in [-0.25, -0.2) is 0 Å². The van der Waals surface area contributed by atoms with E-state index in [1.807, 2.05) is 36.9 Å². The summed E-state index contributed by atoms with van der Waals surface area (Å²) in [6.45, 7) is 6.68. The van der Waals surface area contributed by atoms with Gasteiger partial charge in [0.2, 0.25) is 5.91 Å². The van der Waals surface area contributed by atoms with Gasteiger partial charge in [0.15, 0.2) is 0 Å². The average Bonchev–Trinajstić information content (AvgIpc) is 3.18. The van der Waals surface area contributed by atoms with Crippen molar-refractivity contribution in [2.24, 2.45) is 11.7 Å². The van der Waals surface area contributed by atoms with Gasteiger partial charge in [-0.1, -0.05) is 30.3 Å². The number of benzene rings is 1. The molecule has 1 atom stereocenters. The van der Waals surface area contributed by atoms with Gasteiger partial charge in [-0.05, 0) is 45.1 Å². The molecule has 2 N–H and O–H groups in total. The molecule has 1 fully saturated rings. The first-order valence-corrected chi connectivity index (χ1v) is 7.49. The lowest BCUT2D eigenvalue weighted by atomic mass is 10.00. The molecule has 0 spiro atoms. The van der Waals surface area contributed by atoms with Gasteiger partial charge in [0.05, 0.1) is 0 Å². The molecule has 1 aromatic carbocycles. The predicted octanol–water partition coefficient (Wildman–Crippen LogP) is 2.94. The van der Waals surface area contributed by atoms with Crippen LogP contribution in [-0.2, 0) is 11.3 Å². The quantitative estimate of drug-likeness (QED) is 0.867. The van der Waals surface area contributed by atoms with Crippen LogP contribution in [0.25, 0.3) is 0 Å². The number of carbonyl (C=O) groups is 1. The number of rotatable bonds is 6. The molecule has 2 rings (SSSR count). The van der Waals surface area contributed by atoms with Crippen molar-refractivity contribution in [3.05, 3.63) is 35.9 Å². The Kier molecular flexibility index (Phi) is 4.48. The van der Waals surface area contributed by atoms with E-state index in [1.165, 1.54) is 18.4 Å². The van der Waals surface area contributed by atoms with Crippen molar-refractivity contribution in [1.29, 1.82) is 0 Å². The molecular formula is C17H26N2O. The third-order valence-corrected chi connectivity index (χ3v) is 3.92. The van der Waals surface area contributed by atoms with Crippen LogP contribution in [0.3, 0.4) is 0 Å². The highest BCUT2D eigenvalue weighted by molar-refractivity contribution is 5.77. The Morgan fingerprint density at radius 1 is 1.35 bits per heavy atom. The molecule has 1 aliphatic rings. The summed E-state index contributed by atoms with van der Waals surface area (Å²) in [7, 11) is 0. The highest BCUT2D eigenvalue weighted by atomic mass is 16.2. The van der Waals surface area contributed by atoms with E-state index in [1.54, 1.807) is 0 Å². The lowest BCUT2D eigenvalue weighted by molar-refractivity contribution is -0.135. The Hall–Kier alpha value is -1.35. The molecule has 0 aromatic heterocycles. The Labute approximate surface area is 122 Å². The molecule has 0 aliphatic heterocycles. The predicted molar refractivity (Wildman–Crippen MR) is 82.1 cm³/mol. The molecule has 3 heteroatoms. The van der Waals surface area contributed by atoms with Crippen LogP contribution in [0, 0.1) is 5.92 Å². The summed E-state index contributed by atoms with van der Waals surface area (Å²) in [6, 6.07) is 10.5. The first-order chi connectivity index (χ1) is 9.37. The van der Waals surface area contributed by atoms with Gasteiger partial charge in [0.25, 0.3) is 0 Å². The SMILES string of the molecule is CC(C1CC1)N(Cc1ccccc1)C(=O)CC(C)(C)N. The summed E-state index contributed by atoms with van der Waals surface area (Å²) in [5.41, 5.74) is 6.75. The van der Waals surface area contributed by atoms with Crippen molar-refractivity contribution in [3.63, 3.8) is 0 Å². The van der Waals surface area contributed by atoms with Crippen LogP contribution in [-0.4, -0.2) is 22.4 Å². The van der Waals surface area contributed by atoms with E-state index in [0.29, 0.717) is 24.9 Å². The van der Waals surface area contributed by atoms with Crippen molar-refractivity contribution in [3.8, 4) is 0 Å². The van der Waals surface area contributed by atoms with Gasteiger partial charge in [-0.3, -0.25) is 4.79 Å². The molecule has 0 radical (unpaired) electrons. The summed E-state index contributed by atoms with van der Waals surface area (Å²) in [4.78, 5) is 14.6. The zero-order valence-electron chi connectivity index (χ0n) is 12.8. The first-order valence-electron chi connectivity index (χ1n) is 7.49. The maximum absolute atomic E-state index is 12.6. The van der Waals surface area contributed by atoms with Crippen molar-refractivity contribution in [1.82, 2.24) is 4.90 Å². The summed E-state index contributed by atoms with van der Waals surface area (Å²) in [6.07, 6.45) is 2.88. The van der Waals surface area contributed by atoms with E-state index in [0.717, 1.165) is 0 Å². The van der Waals surface area contributed by atoms with Crippen LogP contribution >= 0.6 is 0 Å². The summed E-state index contributed by atoms with van der Waals surface area (Å²) in [5.74, 6) is 0.837. The third kappa shape index (κ3) is 4.34. The molecule has 0 saturated heterocycles. The molecule has 20 heavy (non-hydrogen) atoms. The largest absolute Gasteiger partial charge is 0.335 e. The van der Waals surface area contributed by atoms with Crippen molar-refractivity contribution >= 4 is 5.91 Å². The second-order valence-corrected chi connectivity index (χ2v) is 6.75. The summed E-state index contributed by atoms with van der Waals surface area (Å²) in [5, 5.41) is 0. The van der Waals surface area contributed by atoms with E-state index >= 15 is 0 Å². The van der Waals surface area contributed by atoms with Gasteiger partial charge >= 0.3 is 0 Å². The summed E-state index contributed by atoms with van der Waals surface area (Å²) < 4.78 is 0. The third-order valence-electron chi connectivity index (χ3n) is 3.92. The van der Waals surface area contributed by atoms with E-state index < -0.39 is 5.54 Å². The van der Waals surface area contributed by atoms with Gasteiger partial charge in [0, 0.05) is 24.5 Å². The van der Waals surface area contributed by atoms with Gasteiger partial charge in [-0.2, -0.15) is 0 Å². The Bertz CT molecular complexity index is 446. The Morgan fingerprint density at radius 3 is 2.45 bits per heavy atom. The fourth-order valence-electron chi connectivity index (χ4n) is 2.56. The van der Waals surface area contributed by atoms with Crippen LogP contribution in [0.15, 0.2) is 30.3 Å². The summed E-state index contributed by atoms with van der Waals surface area (Å²) >= 11 is 0. The van der Waals surface area contributed by atoms with Crippen LogP contribution in [0.4, 0.5) is 0 Å². The van der Waals surface area contributed by atoms with Crippen LogP contribution in [0.5, 0.6) is 0 Å². The van der Waals surface area contributed by atoms with E-state index in [2.05, 4.69) is 19.1 Å². The number of hydrogen-bond acceptors (Lipinski definition) is 2. The molecule has 0 bridgehead atoms. The molecule has 1 aromatic rings. The Balaban J connectivity index is 2.10. The number of nitrogens with zero attached hydrogens (tertiary/aromatic N) is 1. The lowest BCUT2D eigenvalue weighted by Crippen LogP contribution is -2.45. The molecule has 1 unspecified atom stereocenters. The first kappa shape index (κ1) is 15.0. The van der Waals surface area contributed by atoms with Crippen LogP contribution < -0.4 is 5.73 Å². The Morgan fingerprint density at radius 2 is 1.95 bits per heavy atom. The molecular weight excluding hydrogens is 248 g/mol. The normalized spacial score (nSPS) is 16.8. The van der Waals surface area contributed by atoms with Crippen LogP contribution in [0.2, 0.25) is 0 Å². The highest BCUT2D eigenvalue weighted by Gasteiger charge is 2.35. The maximum Gasteiger partial charge on any atom is 0.224 e. The minimum Gasteiger partial charge on any atom is -0.335 e. The second kappa shape index (κ2) is 5.96. The highest BCUT2D eigenvalue weighted by Crippen LogP contribution is 2.36. The van der Waals surface area contributed by atoms with Crippen molar-refractivity contribution in [2.75, 3.05) is 0 Å². The minimum absolute atomic E-state index is 0.167. The fourth-order valence-corrected chi connectivity index (χ4v) is 2.56. The van der Waals surface area contributed by atoms with Crippen molar-refractivity contribution < 1.29 is 4.79 Å². The number of hydrogen-bond donors (Lipinski definition) is 1. The smallest absolute Gasteiger partial charge is 0.224 e. The van der Waals surface area contributed by atoms with Crippen molar-refractivity contribution in [2.45, 2.75) is 58.2 Å².